The summed E-state index contributed by atoms with van der Waals surface area (Å²) in [6.07, 6.45) is 1.73. The van der Waals surface area contributed by atoms with E-state index in [0.717, 1.165) is 22.3 Å². The Bertz CT molecular complexity index is 956. The molecule has 0 unspecified atom stereocenters. The van der Waals surface area contributed by atoms with Crippen LogP contribution >= 0.6 is 0 Å². The van der Waals surface area contributed by atoms with Gasteiger partial charge in [0.05, 0.1) is 0 Å². The van der Waals surface area contributed by atoms with E-state index in [4.69, 9.17) is 4.74 Å². The average molecular weight is 325 g/mol. The molecule has 0 bridgehead atoms. The van der Waals surface area contributed by atoms with Gasteiger partial charge in [-0.25, -0.2) is 9.79 Å². The van der Waals surface area contributed by atoms with Crippen LogP contribution in [0.2, 0.25) is 0 Å². The third kappa shape index (κ3) is 3.26. The fourth-order valence-corrected chi connectivity index (χ4v) is 2.68. The second-order valence-electron chi connectivity index (χ2n) is 5.69. The molecule has 4 rings (SSSR count). The number of carbonyl (C=O) groups excluding carboxylic acids is 1. The summed E-state index contributed by atoms with van der Waals surface area (Å²) in [7, 11) is 0. The predicted molar refractivity (Wildman–Crippen MR) is 98.9 cm³/mol. The number of esters is 1. The van der Waals surface area contributed by atoms with Crippen molar-refractivity contribution in [1.29, 1.82) is 0 Å². The van der Waals surface area contributed by atoms with Crippen molar-refractivity contribution in [1.82, 2.24) is 0 Å². The summed E-state index contributed by atoms with van der Waals surface area (Å²) in [6, 6.07) is 27.6. The molecular weight excluding hydrogens is 310 g/mol. The maximum atomic E-state index is 12.0. The first-order valence-electron chi connectivity index (χ1n) is 8.03. The van der Waals surface area contributed by atoms with Crippen molar-refractivity contribution < 1.29 is 9.53 Å². The Hall–Kier alpha value is -3.46. The Kier molecular flexibility index (Phi) is 3.97. The van der Waals surface area contributed by atoms with Crippen molar-refractivity contribution in [3.05, 3.63) is 102 Å². The molecule has 25 heavy (non-hydrogen) atoms. The monoisotopic (exact) mass is 325 g/mol. The van der Waals surface area contributed by atoms with Crippen LogP contribution in [-0.2, 0) is 9.53 Å². The molecule has 0 aromatic heterocycles. The zero-order valence-corrected chi connectivity index (χ0v) is 13.4. The number of carbonyl (C=O) groups is 1. The molecule has 3 heteroatoms. The van der Waals surface area contributed by atoms with Crippen LogP contribution in [-0.4, -0.2) is 11.9 Å². The van der Waals surface area contributed by atoms with E-state index in [1.165, 1.54) is 0 Å². The number of ether oxygens (including phenoxy) is 1. The highest BCUT2D eigenvalue weighted by Crippen LogP contribution is 2.22. The molecule has 0 amide bonds. The van der Waals surface area contributed by atoms with Crippen LogP contribution in [0.4, 0.5) is 0 Å². The summed E-state index contributed by atoms with van der Waals surface area (Å²) in [5.74, 6) is -0.0854. The third-order valence-electron chi connectivity index (χ3n) is 3.96. The lowest BCUT2D eigenvalue weighted by Crippen LogP contribution is -2.05. The lowest BCUT2D eigenvalue weighted by atomic mass is 10.0. The summed E-state index contributed by atoms with van der Waals surface area (Å²) in [6.45, 7) is 0. The van der Waals surface area contributed by atoms with Crippen molar-refractivity contribution in [2.75, 3.05) is 0 Å². The molecule has 0 aliphatic carbocycles. The molecule has 0 atom stereocenters. The lowest BCUT2D eigenvalue weighted by Gasteiger charge is -2.03. The molecular formula is C22H15NO2. The Labute approximate surface area is 145 Å². The van der Waals surface area contributed by atoms with Crippen molar-refractivity contribution in [3.8, 4) is 11.1 Å². The van der Waals surface area contributed by atoms with E-state index in [1.807, 2.05) is 72.8 Å². The zero-order valence-electron chi connectivity index (χ0n) is 13.4. The molecule has 1 aliphatic rings. The highest BCUT2D eigenvalue weighted by molar-refractivity contribution is 6.12. The first-order chi connectivity index (χ1) is 12.3. The molecule has 0 spiro atoms. The summed E-state index contributed by atoms with van der Waals surface area (Å²) >= 11 is 0. The van der Waals surface area contributed by atoms with Crippen molar-refractivity contribution >= 4 is 17.9 Å². The smallest absolute Gasteiger partial charge is 0.363 e. The van der Waals surface area contributed by atoms with E-state index >= 15 is 0 Å². The van der Waals surface area contributed by atoms with Crippen LogP contribution in [0.1, 0.15) is 11.1 Å². The molecule has 1 aliphatic heterocycles. The zero-order chi connectivity index (χ0) is 17.1. The van der Waals surface area contributed by atoms with Crippen LogP contribution in [0.5, 0.6) is 0 Å². The summed E-state index contributed by atoms with van der Waals surface area (Å²) in [4.78, 5) is 16.4. The lowest BCUT2D eigenvalue weighted by molar-refractivity contribution is -0.129. The van der Waals surface area contributed by atoms with Gasteiger partial charge in [-0.05, 0) is 34.9 Å². The number of hydrogen-bond donors (Lipinski definition) is 0. The average Bonchev–Trinajstić information content (AvgIpc) is 3.04. The van der Waals surface area contributed by atoms with Gasteiger partial charge in [-0.2, -0.15) is 0 Å². The van der Waals surface area contributed by atoms with E-state index in [1.54, 1.807) is 6.08 Å². The van der Waals surface area contributed by atoms with Gasteiger partial charge >= 0.3 is 5.97 Å². The van der Waals surface area contributed by atoms with Crippen LogP contribution in [0.3, 0.4) is 0 Å². The van der Waals surface area contributed by atoms with Gasteiger partial charge < -0.3 is 4.74 Å². The van der Waals surface area contributed by atoms with Gasteiger partial charge in [0.2, 0.25) is 5.90 Å². The largest absolute Gasteiger partial charge is 0.402 e. The van der Waals surface area contributed by atoms with Crippen LogP contribution < -0.4 is 0 Å². The summed E-state index contributed by atoms with van der Waals surface area (Å²) in [5.41, 5.74) is 4.26. The Balaban J connectivity index is 1.61. The highest BCUT2D eigenvalue weighted by atomic mass is 16.6. The fourth-order valence-electron chi connectivity index (χ4n) is 2.68. The highest BCUT2D eigenvalue weighted by Gasteiger charge is 2.24. The summed E-state index contributed by atoms with van der Waals surface area (Å²) < 4.78 is 5.32. The first-order valence-corrected chi connectivity index (χ1v) is 8.03. The van der Waals surface area contributed by atoms with E-state index in [2.05, 4.69) is 17.1 Å². The Morgan fingerprint density at radius 2 is 1.24 bits per heavy atom. The maximum Gasteiger partial charge on any atom is 0.363 e. The third-order valence-corrected chi connectivity index (χ3v) is 3.96. The minimum atomic E-state index is -0.425. The molecule has 0 radical (unpaired) electrons. The molecule has 3 aromatic rings. The maximum absolute atomic E-state index is 12.0. The van der Waals surface area contributed by atoms with Crippen molar-refractivity contribution in [2.45, 2.75) is 0 Å². The first kappa shape index (κ1) is 15.1. The normalized spacial score (nSPS) is 15.1. The van der Waals surface area contributed by atoms with Gasteiger partial charge in [0.15, 0.2) is 5.70 Å². The number of cyclic esters (lactones) is 1. The van der Waals surface area contributed by atoms with Gasteiger partial charge in [0.1, 0.15) is 0 Å². The predicted octanol–water partition coefficient (Wildman–Crippen LogP) is 4.70. The number of benzene rings is 3. The Morgan fingerprint density at radius 1 is 0.680 bits per heavy atom. The SMILES string of the molecule is O=C1OC(c2ccc(-c3ccccc3)cc2)=N/C1=C\c1ccccc1. The fraction of sp³-hybridized carbons (Fsp3) is 0. The van der Waals surface area contributed by atoms with Gasteiger partial charge in [-0.3, -0.25) is 0 Å². The molecule has 0 saturated carbocycles. The standard InChI is InChI=1S/C22H15NO2/c24-22-20(15-16-7-3-1-4-8-16)23-21(25-22)19-13-11-18(12-14-19)17-9-5-2-6-10-17/h1-15H/b20-15-. The minimum Gasteiger partial charge on any atom is -0.402 e. The molecule has 3 nitrogen and oxygen atoms in total. The van der Waals surface area contributed by atoms with E-state index < -0.39 is 5.97 Å². The molecule has 3 aromatic carbocycles. The van der Waals surface area contributed by atoms with Crippen molar-refractivity contribution in [3.63, 3.8) is 0 Å². The van der Waals surface area contributed by atoms with Crippen LogP contribution in [0.15, 0.2) is 95.6 Å². The number of hydrogen-bond acceptors (Lipinski definition) is 3. The van der Waals surface area contributed by atoms with Gasteiger partial charge in [-0.15, -0.1) is 0 Å². The van der Waals surface area contributed by atoms with Gasteiger partial charge in [-0.1, -0.05) is 72.8 Å². The molecule has 0 saturated heterocycles. The Morgan fingerprint density at radius 3 is 1.92 bits per heavy atom. The molecule has 0 fully saturated rings. The van der Waals surface area contributed by atoms with E-state index in [-0.39, 0.29) is 0 Å². The van der Waals surface area contributed by atoms with E-state index in [9.17, 15) is 4.79 Å². The number of aliphatic imine (C=N–C) groups is 1. The van der Waals surface area contributed by atoms with E-state index in [0.29, 0.717) is 11.6 Å². The van der Waals surface area contributed by atoms with Crippen LogP contribution in [0.25, 0.3) is 17.2 Å². The number of nitrogens with zero attached hydrogens (tertiary/aromatic N) is 1. The molecule has 0 N–H and O–H groups in total. The second kappa shape index (κ2) is 6.57. The van der Waals surface area contributed by atoms with Gasteiger partial charge in [0.25, 0.3) is 0 Å². The second-order valence-corrected chi connectivity index (χ2v) is 5.69. The topological polar surface area (TPSA) is 38.7 Å². The van der Waals surface area contributed by atoms with Gasteiger partial charge in [0, 0.05) is 5.56 Å². The van der Waals surface area contributed by atoms with Crippen molar-refractivity contribution in [2.24, 2.45) is 4.99 Å². The minimum absolute atomic E-state index is 0.313. The molecule has 120 valence electrons. The number of rotatable bonds is 3. The van der Waals surface area contributed by atoms with Crippen LogP contribution in [0, 0.1) is 0 Å². The quantitative estimate of drug-likeness (QED) is 0.517. The summed E-state index contributed by atoms with van der Waals surface area (Å²) in [5, 5.41) is 0. The molecule has 1 heterocycles.